The van der Waals surface area contributed by atoms with Crippen LogP contribution in [0, 0.1) is 11.3 Å². The molecule has 1 aromatic carbocycles. The van der Waals surface area contributed by atoms with Crippen LogP contribution in [0.25, 0.3) is 22.6 Å². The minimum atomic E-state index is -1.04. The Morgan fingerprint density at radius 2 is 1.83 bits per heavy atom. The fourth-order valence-corrected chi connectivity index (χ4v) is 10.4. The van der Waals surface area contributed by atoms with E-state index in [0.29, 0.717) is 12.3 Å². The smallest absolute Gasteiger partial charge is 0.108 e. The predicted octanol–water partition coefficient (Wildman–Crippen LogP) is 6.92. The van der Waals surface area contributed by atoms with E-state index >= 15 is 0 Å². The number of hydrogen-bond donors (Lipinski definition) is 3. The quantitative estimate of drug-likeness (QED) is 0.327. The Morgan fingerprint density at radius 3 is 2.57 bits per heavy atom. The number of aliphatic hydroxyl groups excluding tert-OH is 1. The molecular formula is C37H45NO4. The van der Waals surface area contributed by atoms with Gasteiger partial charge in [-0.2, -0.15) is 0 Å². The Labute approximate surface area is 249 Å². The molecule has 7 unspecified atom stereocenters. The van der Waals surface area contributed by atoms with E-state index in [0.717, 1.165) is 36.8 Å². The van der Waals surface area contributed by atoms with Crippen LogP contribution in [-0.2, 0) is 21.3 Å². The SMILES string of the molecule is C=C(C)C1OC2CCC3(C)C(O)(CCC4Cc5c([nH]c6cc7c(cc56)C=C5C7=CC(C)(C)OC5(C)C)C43C)C2=CC1O. The van der Waals surface area contributed by atoms with Crippen LogP contribution >= 0.6 is 0 Å². The molecule has 3 heterocycles. The van der Waals surface area contributed by atoms with Gasteiger partial charge in [-0.15, -0.1) is 0 Å². The Kier molecular flexibility index (Phi) is 5.16. The lowest BCUT2D eigenvalue weighted by Crippen LogP contribution is -2.67. The number of hydrogen-bond acceptors (Lipinski definition) is 4. The highest BCUT2D eigenvalue weighted by molar-refractivity contribution is 6.02. The summed E-state index contributed by atoms with van der Waals surface area (Å²) in [6.07, 6.45) is 9.52. The molecule has 5 nitrogen and oxygen atoms in total. The minimum absolute atomic E-state index is 0.179. The Bertz CT molecular complexity index is 1680. The molecule has 3 N–H and O–H groups in total. The van der Waals surface area contributed by atoms with Crippen LogP contribution in [0.4, 0.5) is 0 Å². The van der Waals surface area contributed by atoms with Gasteiger partial charge in [0.05, 0.1) is 22.9 Å². The summed E-state index contributed by atoms with van der Waals surface area (Å²) in [5, 5.41) is 25.1. The van der Waals surface area contributed by atoms with Crippen molar-refractivity contribution in [3.05, 3.63) is 70.0 Å². The lowest BCUT2D eigenvalue weighted by molar-refractivity contribution is -0.185. The van der Waals surface area contributed by atoms with Gasteiger partial charge in [0, 0.05) is 27.4 Å². The summed E-state index contributed by atoms with van der Waals surface area (Å²) in [5.74, 6) is 0.452. The zero-order chi connectivity index (χ0) is 29.8. The second-order valence-corrected chi connectivity index (χ2v) is 15.7. The van der Waals surface area contributed by atoms with E-state index in [9.17, 15) is 10.2 Å². The number of rotatable bonds is 1. The second kappa shape index (κ2) is 7.98. The number of nitrogens with one attached hydrogen (secondary N) is 1. The molecule has 0 radical (unpaired) electrons. The molecule has 1 aromatic heterocycles. The van der Waals surface area contributed by atoms with Gasteiger partial charge in [0.2, 0.25) is 0 Å². The molecule has 0 spiro atoms. The van der Waals surface area contributed by atoms with E-state index in [2.05, 4.69) is 77.4 Å². The van der Waals surface area contributed by atoms with Gasteiger partial charge in [0.1, 0.15) is 12.2 Å². The average Bonchev–Trinajstić information content (AvgIpc) is 3.52. The first-order chi connectivity index (χ1) is 19.6. The minimum Gasteiger partial charge on any atom is -0.386 e. The summed E-state index contributed by atoms with van der Waals surface area (Å²) in [4.78, 5) is 3.96. The molecule has 8 rings (SSSR count). The first-order valence-electron chi connectivity index (χ1n) is 15.9. The highest BCUT2D eigenvalue weighted by atomic mass is 16.5. The van der Waals surface area contributed by atoms with Crippen molar-refractivity contribution in [3.63, 3.8) is 0 Å². The number of H-pyrrole nitrogens is 1. The Morgan fingerprint density at radius 1 is 1.07 bits per heavy atom. The van der Waals surface area contributed by atoms with Gasteiger partial charge in [0.15, 0.2) is 0 Å². The topological polar surface area (TPSA) is 74.7 Å². The first-order valence-corrected chi connectivity index (χ1v) is 15.9. The fourth-order valence-electron chi connectivity index (χ4n) is 10.4. The van der Waals surface area contributed by atoms with Crippen molar-refractivity contribution in [3.8, 4) is 0 Å². The molecular weight excluding hydrogens is 522 g/mol. The maximum Gasteiger partial charge on any atom is 0.108 e. The standard InChI is InChI=1S/C37H45NO4/c1-19(2)31-29(39)17-27-30(41-31)10-11-35(7)36(8)21(9-12-37(27,35)40)15-24-23-13-20-14-26-25(18-33(3,4)42-34(26,5)6)22(20)16-28(23)38-32(24)36/h13-14,16-18,21,29-31,38-40H,1,9-12,15H2,2-8H3. The molecule has 2 aromatic rings. The predicted molar refractivity (Wildman–Crippen MR) is 167 cm³/mol. The third-order valence-electron chi connectivity index (χ3n) is 12.5. The van der Waals surface area contributed by atoms with E-state index in [1.165, 1.54) is 44.4 Å². The number of aromatic nitrogens is 1. The Balaban J connectivity index is 1.26. The molecule has 4 aliphatic carbocycles. The summed E-state index contributed by atoms with van der Waals surface area (Å²) in [6.45, 7) is 19.3. The van der Waals surface area contributed by atoms with E-state index in [-0.39, 0.29) is 22.7 Å². The first kappa shape index (κ1) is 27.1. The van der Waals surface area contributed by atoms with Crippen molar-refractivity contribution in [2.45, 2.75) is 121 Å². The summed E-state index contributed by atoms with van der Waals surface area (Å²) in [5.41, 5.74) is 8.36. The summed E-state index contributed by atoms with van der Waals surface area (Å²) in [6, 6.07) is 4.75. The van der Waals surface area contributed by atoms with Crippen molar-refractivity contribution in [2.75, 3.05) is 0 Å². The Hall–Kier alpha value is -2.44. The largest absolute Gasteiger partial charge is 0.386 e. The molecule has 222 valence electrons. The van der Waals surface area contributed by atoms with Crippen LogP contribution in [0.1, 0.15) is 96.5 Å². The van der Waals surface area contributed by atoms with Crippen LogP contribution < -0.4 is 0 Å². The van der Waals surface area contributed by atoms with Gasteiger partial charge in [-0.25, -0.2) is 0 Å². The number of aliphatic hydroxyl groups is 2. The highest BCUT2D eigenvalue weighted by Gasteiger charge is 2.70. The molecule has 42 heavy (non-hydrogen) atoms. The molecule has 0 amide bonds. The summed E-state index contributed by atoms with van der Waals surface area (Å²) >= 11 is 0. The maximum absolute atomic E-state index is 12.7. The molecule has 0 bridgehead atoms. The highest BCUT2D eigenvalue weighted by Crippen LogP contribution is 2.69. The van der Waals surface area contributed by atoms with E-state index in [1.807, 2.05) is 13.0 Å². The zero-order valence-corrected chi connectivity index (χ0v) is 26.1. The monoisotopic (exact) mass is 567 g/mol. The van der Waals surface area contributed by atoms with Crippen molar-refractivity contribution >= 4 is 22.6 Å². The number of benzene rings is 1. The molecule has 5 heteroatoms. The van der Waals surface area contributed by atoms with Crippen molar-refractivity contribution in [1.82, 2.24) is 4.98 Å². The lowest BCUT2D eigenvalue weighted by Gasteiger charge is -2.65. The molecule has 2 saturated carbocycles. The molecule has 0 saturated heterocycles. The second-order valence-electron chi connectivity index (χ2n) is 15.7. The number of aromatic amines is 1. The maximum atomic E-state index is 12.7. The summed E-state index contributed by atoms with van der Waals surface area (Å²) < 4.78 is 12.9. The van der Waals surface area contributed by atoms with Crippen LogP contribution in [0.3, 0.4) is 0 Å². The van der Waals surface area contributed by atoms with Gasteiger partial charge in [-0.3, -0.25) is 0 Å². The summed E-state index contributed by atoms with van der Waals surface area (Å²) in [7, 11) is 0. The average molecular weight is 568 g/mol. The van der Waals surface area contributed by atoms with E-state index < -0.39 is 23.2 Å². The zero-order valence-electron chi connectivity index (χ0n) is 26.1. The third-order valence-corrected chi connectivity index (χ3v) is 12.5. The van der Waals surface area contributed by atoms with Crippen molar-refractivity contribution in [2.24, 2.45) is 11.3 Å². The molecule has 7 atom stereocenters. The van der Waals surface area contributed by atoms with Gasteiger partial charge in [-0.1, -0.05) is 20.4 Å². The van der Waals surface area contributed by atoms with Crippen LogP contribution in [0.15, 0.2) is 47.6 Å². The fraction of sp³-hybridized carbons (Fsp3) is 0.568. The number of ether oxygens (including phenoxy) is 2. The lowest BCUT2D eigenvalue weighted by atomic mass is 9.42. The van der Waals surface area contributed by atoms with Gasteiger partial charge >= 0.3 is 0 Å². The number of fused-ring (bicyclic) bond motifs is 12. The molecule has 2 fully saturated rings. The van der Waals surface area contributed by atoms with Gasteiger partial charge in [0.25, 0.3) is 0 Å². The van der Waals surface area contributed by atoms with Crippen molar-refractivity contribution in [1.29, 1.82) is 0 Å². The van der Waals surface area contributed by atoms with E-state index in [4.69, 9.17) is 9.47 Å². The van der Waals surface area contributed by atoms with Crippen LogP contribution in [0.2, 0.25) is 0 Å². The van der Waals surface area contributed by atoms with Gasteiger partial charge in [-0.05, 0) is 142 Å². The van der Waals surface area contributed by atoms with Crippen molar-refractivity contribution < 1.29 is 19.7 Å². The normalized spacial score (nSPS) is 40.5. The molecule has 2 aliphatic heterocycles. The third kappa shape index (κ3) is 3.13. The van der Waals surface area contributed by atoms with Crippen LogP contribution in [0.5, 0.6) is 0 Å². The van der Waals surface area contributed by atoms with E-state index in [1.54, 1.807) is 0 Å². The van der Waals surface area contributed by atoms with Crippen LogP contribution in [-0.4, -0.2) is 50.3 Å². The molecule has 6 aliphatic rings. The van der Waals surface area contributed by atoms with Gasteiger partial charge < -0.3 is 24.7 Å².